The number of carbonyl (C=O) groups excluding carboxylic acids is 1. The van der Waals surface area contributed by atoms with Gasteiger partial charge < -0.3 is 29.9 Å². The van der Waals surface area contributed by atoms with Gasteiger partial charge in [-0.2, -0.15) is 0 Å². The molecule has 6 rings (SSSR count). The smallest absolute Gasteiger partial charge is 0.242 e. The number of likely N-dealkylation sites (N-methyl/N-ethyl adjacent to an activating group) is 1. The van der Waals surface area contributed by atoms with Crippen LogP contribution in [0.25, 0.3) is 22.1 Å². The fraction of sp³-hybridized carbons (Fsp3) is 0.433. The minimum atomic E-state index is -1.01. The third-order valence-electron chi connectivity index (χ3n) is 8.70. The molecule has 11 heteroatoms. The Hall–Kier alpha value is -4.25. The van der Waals surface area contributed by atoms with Crippen molar-refractivity contribution in [2.75, 3.05) is 57.2 Å². The Morgan fingerprint density at radius 3 is 1.98 bits per heavy atom. The van der Waals surface area contributed by atoms with E-state index in [0.717, 1.165) is 59.4 Å². The van der Waals surface area contributed by atoms with E-state index in [2.05, 4.69) is 29.7 Å². The number of methoxy groups -OCH3 is 2. The van der Waals surface area contributed by atoms with Crippen LogP contribution in [0, 0.1) is 5.92 Å². The van der Waals surface area contributed by atoms with Crippen molar-refractivity contribution in [1.82, 2.24) is 24.8 Å². The number of nitrogens with zero attached hydrogens (tertiary/aromatic N) is 7. The molecule has 0 aliphatic carbocycles. The predicted molar refractivity (Wildman–Crippen MR) is 158 cm³/mol. The molecule has 1 amide bonds. The van der Waals surface area contributed by atoms with Crippen LogP contribution in [0.1, 0.15) is 19.8 Å². The Labute approximate surface area is 239 Å². The maximum atomic E-state index is 13.9. The maximum Gasteiger partial charge on any atom is 0.242 e. The average molecular weight is 557 g/mol. The number of pyridine rings is 4. The second kappa shape index (κ2) is 10.6. The van der Waals surface area contributed by atoms with Crippen molar-refractivity contribution in [1.29, 1.82) is 0 Å². The number of rotatable bonds is 7. The van der Waals surface area contributed by atoms with Crippen LogP contribution in [0.4, 0.5) is 11.4 Å². The first-order valence-electron chi connectivity index (χ1n) is 14.0. The van der Waals surface area contributed by atoms with Crippen LogP contribution in [0.15, 0.2) is 48.8 Å². The summed E-state index contributed by atoms with van der Waals surface area (Å²) in [4.78, 5) is 38.5. The molecule has 4 aromatic rings. The van der Waals surface area contributed by atoms with E-state index in [1.807, 2.05) is 55.3 Å². The normalized spacial score (nSPS) is 20.4. The van der Waals surface area contributed by atoms with E-state index >= 15 is 0 Å². The highest BCUT2D eigenvalue weighted by atomic mass is 16.5. The van der Waals surface area contributed by atoms with Crippen LogP contribution in [0.5, 0.6) is 11.8 Å². The SMILES string of the molecule is COc1ccc2nccc(N3CCC(N(C)C(=O)C(C)(N)C4CCN(c5ccnc6ccc(OC)nc56)C4)C3)c2n1. The molecule has 2 saturated heterocycles. The van der Waals surface area contributed by atoms with Gasteiger partial charge in [-0.1, -0.05) is 0 Å². The van der Waals surface area contributed by atoms with Crippen LogP contribution in [-0.2, 0) is 4.79 Å². The standard InChI is InChI=1S/C30H36N8O3/c1-30(31,19-11-15-37(17-19)23-9-13-32-21-5-7-25(40-3)34-27(21)23)29(39)36(2)20-12-16-38(18-20)24-10-14-33-22-6-8-26(41-4)35-28(22)24/h5-10,13-14,19-20H,11-12,15-18,31H2,1-4H3. The lowest BCUT2D eigenvalue weighted by Gasteiger charge is -2.36. The molecule has 2 N–H and O–H groups in total. The van der Waals surface area contributed by atoms with E-state index in [0.29, 0.717) is 24.8 Å². The van der Waals surface area contributed by atoms with Crippen molar-refractivity contribution < 1.29 is 14.3 Å². The lowest BCUT2D eigenvalue weighted by Crippen LogP contribution is -2.59. The average Bonchev–Trinajstić information content (AvgIpc) is 3.70. The largest absolute Gasteiger partial charge is 0.481 e. The van der Waals surface area contributed by atoms with Crippen molar-refractivity contribution in [3.63, 3.8) is 0 Å². The number of fused-ring (bicyclic) bond motifs is 2. The van der Waals surface area contributed by atoms with E-state index in [1.54, 1.807) is 26.6 Å². The van der Waals surface area contributed by atoms with Crippen LogP contribution in [0.3, 0.4) is 0 Å². The van der Waals surface area contributed by atoms with E-state index in [9.17, 15) is 4.79 Å². The summed E-state index contributed by atoms with van der Waals surface area (Å²) in [6, 6.07) is 11.4. The highest BCUT2D eigenvalue weighted by Crippen LogP contribution is 2.35. The molecule has 0 radical (unpaired) electrons. The monoisotopic (exact) mass is 556 g/mol. The molecule has 2 fully saturated rings. The van der Waals surface area contributed by atoms with Crippen molar-refractivity contribution in [2.45, 2.75) is 31.3 Å². The number of anilines is 2. The summed E-state index contributed by atoms with van der Waals surface area (Å²) < 4.78 is 10.7. The van der Waals surface area contributed by atoms with Crippen LogP contribution >= 0.6 is 0 Å². The minimum Gasteiger partial charge on any atom is -0.481 e. The second-order valence-corrected chi connectivity index (χ2v) is 11.1. The van der Waals surface area contributed by atoms with E-state index < -0.39 is 5.54 Å². The van der Waals surface area contributed by atoms with Gasteiger partial charge in [0.1, 0.15) is 11.0 Å². The minimum absolute atomic E-state index is 0.00964. The lowest BCUT2D eigenvalue weighted by atomic mass is 9.84. The molecule has 0 bridgehead atoms. The van der Waals surface area contributed by atoms with Gasteiger partial charge in [0.15, 0.2) is 0 Å². The summed E-state index contributed by atoms with van der Waals surface area (Å²) >= 11 is 0. The van der Waals surface area contributed by atoms with Crippen molar-refractivity contribution in [3.8, 4) is 11.8 Å². The molecule has 0 spiro atoms. The number of hydrogen-bond acceptors (Lipinski definition) is 10. The van der Waals surface area contributed by atoms with Gasteiger partial charge in [0, 0.05) is 63.7 Å². The molecule has 11 nitrogen and oxygen atoms in total. The van der Waals surface area contributed by atoms with Crippen LogP contribution in [-0.4, -0.2) is 89.8 Å². The molecule has 3 atom stereocenters. The third-order valence-corrected chi connectivity index (χ3v) is 8.70. The number of carbonyl (C=O) groups is 1. The predicted octanol–water partition coefficient (Wildman–Crippen LogP) is 2.87. The van der Waals surface area contributed by atoms with Gasteiger partial charge in [-0.15, -0.1) is 0 Å². The number of ether oxygens (including phenoxy) is 2. The van der Waals surface area contributed by atoms with Gasteiger partial charge in [-0.05, 0) is 44.0 Å². The zero-order valence-corrected chi connectivity index (χ0v) is 23.9. The quantitative estimate of drug-likeness (QED) is 0.364. The second-order valence-electron chi connectivity index (χ2n) is 11.1. The molecule has 41 heavy (non-hydrogen) atoms. The number of nitrogens with two attached hydrogens (primary N) is 1. The van der Waals surface area contributed by atoms with Crippen molar-refractivity contribution >= 4 is 39.3 Å². The Kier molecular flexibility index (Phi) is 6.98. The Morgan fingerprint density at radius 2 is 1.41 bits per heavy atom. The van der Waals surface area contributed by atoms with E-state index in [-0.39, 0.29) is 17.9 Å². The van der Waals surface area contributed by atoms with E-state index in [4.69, 9.17) is 15.2 Å². The molecule has 0 saturated carbocycles. The van der Waals surface area contributed by atoms with Crippen LogP contribution < -0.4 is 25.0 Å². The maximum absolute atomic E-state index is 13.9. The third kappa shape index (κ3) is 4.84. The summed E-state index contributed by atoms with van der Waals surface area (Å²) in [5.74, 6) is 1.05. The zero-order chi connectivity index (χ0) is 28.7. The fourth-order valence-electron chi connectivity index (χ4n) is 6.19. The molecule has 2 aliphatic heterocycles. The van der Waals surface area contributed by atoms with Gasteiger partial charge in [-0.3, -0.25) is 14.8 Å². The topological polar surface area (TPSA) is 123 Å². The Balaban J connectivity index is 1.16. The summed E-state index contributed by atoms with van der Waals surface area (Å²) in [5.41, 5.74) is 11.0. The number of amides is 1. The van der Waals surface area contributed by atoms with E-state index in [1.165, 1.54) is 0 Å². The van der Waals surface area contributed by atoms with Crippen molar-refractivity contribution in [2.24, 2.45) is 11.7 Å². The molecule has 4 aromatic heterocycles. The van der Waals surface area contributed by atoms with Crippen molar-refractivity contribution in [3.05, 3.63) is 48.8 Å². The highest BCUT2D eigenvalue weighted by Gasteiger charge is 2.45. The highest BCUT2D eigenvalue weighted by molar-refractivity contribution is 5.90. The first-order valence-corrected chi connectivity index (χ1v) is 14.0. The first-order chi connectivity index (χ1) is 19.8. The molecule has 3 unspecified atom stereocenters. The number of aromatic nitrogens is 4. The summed E-state index contributed by atoms with van der Waals surface area (Å²) in [7, 11) is 5.10. The lowest BCUT2D eigenvalue weighted by molar-refractivity contribution is -0.138. The van der Waals surface area contributed by atoms with Gasteiger partial charge in [0.05, 0.1) is 48.2 Å². The van der Waals surface area contributed by atoms with Gasteiger partial charge >= 0.3 is 0 Å². The van der Waals surface area contributed by atoms with Gasteiger partial charge in [0.2, 0.25) is 17.7 Å². The molecule has 0 aromatic carbocycles. The Bertz CT molecular complexity index is 1600. The summed E-state index contributed by atoms with van der Waals surface area (Å²) in [6.07, 6.45) is 5.25. The Morgan fingerprint density at radius 1 is 0.878 bits per heavy atom. The fourth-order valence-corrected chi connectivity index (χ4v) is 6.19. The molecule has 6 heterocycles. The molecule has 2 aliphatic rings. The van der Waals surface area contributed by atoms with Gasteiger partial charge in [-0.25, -0.2) is 9.97 Å². The molecular weight excluding hydrogens is 520 g/mol. The number of hydrogen-bond donors (Lipinski definition) is 1. The molecule has 214 valence electrons. The van der Waals surface area contributed by atoms with Crippen LogP contribution in [0.2, 0.25) is 0 Å². The molecular formula is C30H36N8O3. The summed E-state index contributed by atoms with van der Waals surface area (Å²) in [5, 5.41) is 0. The summed E-state index contributed by atoms with van der Waals surface area (Å²) in [6.45, 7) is 4.84. The first kappa shape index (κ1) is 26.9. The zero-order valence-electron chi connectivity index (χ0n) is 23.9. The van der Waals surface area contributed by atoms with Gasteiger partial charge in [0.25, 0.3) is 0 Å².